The molecule has 0 saturated carbocycles. The molecule has 0 bridgehead atoms. The highest BCUT2D eigenvalue weighted by Crippen LogP contribution is 2.36. The summed E-state index contributed by atoms with van der Waals surface area (Å²) in [4.78, 5) is 12.3. The summed E-state index contributed by atoms with van der Waals surface area (Å²) in [6, 6.07) is 11.9. The smallest absolute Gasteiger partial charge is 0.322 e. The number of hydrogen-bond acceptors (Lipinski definition) is 5. The van der Waals surface area contributed by atoms with E-state index in [-0.39, 0.29) is 21.8 Å². The quantitative estimate of drug-likeness (QED) is 0.371. The van der Waals surface area contributed by atoms with Gasteiger partial charge in [-0.05, 0) is 73.2 Å². The Bertz CT molecular complexity index is 1530. The van der Waals surface area contributed by atoms with Crippen LogP contribution in [0.15, 0.2) is 65.6 Å². The molecule has 192 valence electrons. The van der Waals surface area contributed by atoms with E-state index in [1.54, 1.807) is 6.92 Å². The third kappa shape index (κ3) is 6.89. The number of amides is 1. The molecule has 0 aliphatic heterocycles. The van der Waals surface area contributed by atoms with Gasteiger partial charge in [0.2, 0.25) is 10.0 Å². The molecule has 0 aliphatic carbocycles. The predicted molar refractivity (Wildman–Crippen MR) is 131 cm³/mol. The molecule has 0 saturated heterocycles. The molecule has 3 N–H and O–H groups in total. The third-order valence-electron chi connectivity index (χ3n) is 4.73. The zero-order chi connectivity index (χ0) is 26.9. The minimum absolute atomic E-state index is 0.230. The molecule has 1 amide bonds. The largest absolute Gasteiger partial charge is 0.417 e. The molecule has 14 heteroatoms. The van der Waals surface area contributed by atoms with Gasteiger partial charge in [-0.25, -0.2) is 16.8 Å². The van der Waals surface area contributed by atoms with Crippen molar-refractivity contribution in [3.05, 3.63) is 82.4 Å². The molecule has 0 unspecified atom stereocenters. The van der Waals surface area contributed by atoms with Gasteiger partial charge in [-0.3, -0.25) is 14.2 Å². The molecule has 3 rings (SSSR count). The maximum atomic E-state index is 13.0. The SMILES string of the molecule is Cc1cc(C(=O)Nc2ccc(S(=O)(=O)Nc3ccc(Cl)c(C(F)(F)F)c3)cc2)ccc1NS(C)(=O)=O. The Morgan fingerprint density at radius 2 is 1.47 bits per heavy atom. The van der Waals surface area contributed by atoms with Crippen LogP contribution >= 0.6 is 11.6 Å². The first-order chi connectivity index (χ1) is 16.5. The number of anilines is 3. The molecule has 0 spiro atoms. The number of aryl methyl sites for hydroxylation is 1. The van der Waals surface area contributed by atoms with Gasteiger partial charge in [-0.1, -0.05) is 11.6 Å². The molecule has 3 aromatic rings. The van der Waals surface area contributed by atoms with Gasteiger partial charge in [-0.2, -0.15) is 13.2 Å². The zero-order valence-corrected chi connectivity index (χ0v) is 21.0. The van der Waals surface area contributed by atoms with Crippen molar-refractivity contribution >= 4 is 54.6 Å². The summed E-state index contributed by atoms with van der Waals surface area (Å²) in [5.41, 5.74) is -0.199. The Morgan fingerprint density at radius 3 is 2.03 bits per heavy atom. The summed E-state index contributed by atoms with van der Waals surface area (Å²) in [7, 11) is -7.73. The summed E-state index contributed by atoms with van der Waals surface area (Å²) in [5, 5.41) is 2.01. The number of sulfonamides is 2. The van der Waals surface area contributed by atoms with Crippen molar-refractivity contribution in [2.75, 3.05) is 21.0 Å². The van der Waals surface area contributed by atoms with Crippen molar-refractivity contribution in [2.45, 2.75) is 18.0 Å². The number of hydrogen-bond donors (Lipinski definition) is 3. The molecule has 0 atom stereocenters. The zero-order valence-electron chi connectivity index (χ0n) is 18.6. The second-order valence-corrected chi connectivity index (χ2v) is 11.5. The van der Waals surface area contributed by atoms with Crippen LogP contribution in [0.3, 0.4) is 0 Å². The molecule has 3 aromatic carbocycles. The van der Waals surface area contributed by atoms with E-state index < -0.39 is 42.7 Å². The summed E-state index contributed by atoms with van der Waals surface area (Å²) in [5.74, 6) is -0.529. The number of halogens is 4. The fourth-order valence-corrected chi connectivity index (χ4v) is 4.96. The van der Waals surface area contributed by atoms with Gasteiger partial charge in [-0.15, -0.1) is 0 Å². The molecule has 0 aliphatic rings. The first-order valence-corrected chi connectivity index (χ1v) is 13.7. The lowest BCUT2D eigenvalue weighted by molar-refractivity contribution is -0.137. The molecule has 36 heavy (non-hydrogen) atoms. The summed E-state index contributed by atoms with van der Waals surface area (Å²) in [6.45, 7) is 1.62. The Balaban J connectivity index is 1.73. The topological polar surface area (TPSA) is 121 Å². The fraction of sp³-hybridized carbons (Fsp3) is 0.136. The van der Waals surface area contributed by atoms with Gasteiger partial charge in [0.25, 0.3) is 15.9 Å². The van der Waals surface area contributed by atoms with Crippen LogP contribution in [0.4, 0.5) is 30.2 Å². The number of rotatable bonds is 7. The third-order valence-corrected chi connectivity index (χ3v) is 7.05. The van der Waals surface area contributed by atoms with E-state index in [9.17, 15) is 34.8 Å². The van der Waals surface area contributed by atoms with Crippen molar-refractivity contribution in [1.29, 1.82) is 0 Å². The normalized spacial score (nSPS) is 12.2. The van der Waals surface area contributed by atoms with Crippen LogP contribution in [0.25, 0.3) is 0 Å². The minimum Gasteiger partial charge on any atom is -0.322 e. The monoisotopic (exact) mass is 561 g/mol. The maximum Gasteiger partial charge on any atom is 0.417 e. The summed E-state index contributed by atoms with van der Waals surface area (Å²) in [6.07, 6.45) is -3.76. The van der Waals surface area contributed by atoms with Crippen molar-refractivity contribution in [1.82, 2.24) is 0 Å². The van der Waals surface area contributed by atoms with Crippen LogP contribution in [0.2, 0.25) is 5.02 Å². The number of carbonyl (C=O) groups excluding carboxylic acids is 1. The van der Waals surface area contributed by atoms with Crippen molar-refractivity contribution in [3.8, 4) is 0 Å². The van der Waals surface area contributed by atoms with Gasteiger partial charge >= 0.3 is 6.18 Å². The van der Waals surface area contributed by atoms with E-state index in [0.29, 0.717) is 17.3 Å². The van der Waals surface area contributed by atoms with Crippen molar-refractivity contribution in [3.63, 3.8) is 0 Å². The Labute approximate surface area is 210 Å². The van der Waals surface area contributed by atoms with Crippen LogP contribution in [-0.4, -0.2) is 29.0 Å². The lowest BCUT2D eigenvalue weighted by Gasteiger charge is -2.13. The summed E-state index contributed by atoms with van der Waals surface area (Å²) < 4.78 is 91.5. The van der Waals surface area contributed by atoms with E-state index in [0.717, 1.165) is 18.4 Å². The highest BCUT2D eigenvalue weighted by atomic mass is 35.5. The van der Waals surface area contributed by atoms with Crippen LogP contribution < -0.4 is 14.8 Å². The van der Waals surface area contributed by atoms with E-state index in [4.69, 9.17) is 11.6 Å². The molecule has 0 fully saturated rings. The number of carbonyl (C=O) groups is 1. The maximum absolute atomic E-state index is 13.0. The summed E-state index contributed by atoms with van der Waals surface area (Å²) >= 11 is 5.55. The van der Waals surface area contributed by atoms with Crippen LogP contribution in [0.5, 0.6) is 0 Å². The lowest BCUT2D eigenvalue weighted by Crippen LogP contribution is -2.15. The van der Waals surface area contributed by atoms with Gasteiger partial charge in [0.1, 0.15) is 0 Å². The molecule has 8 nitrogen and oxygen atoms in total. The second-order valence-electron chi connectivity index (χ2n) is 7.68. The molecular weight excluding hydrogens is 543 g/mol. The van der Waals surface area contributed by atoms with Crippen LogP contribution in [0.1, 0.15) is 21.5 Å². The van der Waals surface area contributed by atoms with E-state index in [2.05, 4.69) is 14.8 Å². The Kier molecular flexibility index (Phi) is 7.58. The highest BCUT2D eigenvalue weighted by molar-refractivity contribution is 7.92. The average molecular weight is 562 g/mol. The van der Waals surface area contributed by atoms with E-state index in [1.807, 2.05) is 0 Å². The predicted octanol–water partition coefficient (Wildman–Crippen LogP) is 5.09. The highest BCUT2D eigenvalue weighted by Gasteiger charge is 2.33. The number of nitrogens with one attached hydrogen (secondary N) is 3. The second kappa shape index (κ2) is 9.99. The van der Waals surface area contributed by atoms with E-state index >= 15 is 0 Å². The molecule has 0 heterocycles. The van der Waals surface area contributed by atoms with E-state index in [1.165, 1.54) is 42.5 Å². The first kappa shape index (κ1) is 27.3. The fourth-order valence-electron chi connectivity index (χ4n) is 3.06. The average Bonchev–Trinajstić information content (AvgIpc) is 2.75. The molecular formula is C22H19ClF3N3O5S2. The minimum atomic E-state index is -4.76. The van der Waals surface area contributed by atoms with Gasteiger partial charge in [0, 0.05) is 16.9 Å². The Hall–Kier alpha value is -3.29. The van der Waals surface area contributed by atoms with Gasteiger partial charge < -0.3 is 5.32 Å². The van der Waals surface area contributed by atoms with Crippen molar-refractivity contribution < 1.29 is 34.8 Å². The van der Waals surface area contributed by atoms with Gasteiger partial charge in [0.15, 0.2) is 0 Å². The Morgan fingerprint density at radius 1 is 0.861 bits per heavy atom. The standard InChI is InChI=1S/C22H19ClF3N3O5S2/c1-13-11-14(3-10-20(13)29-35(2,31)32)21(30)27-15-4-7-17(8-5-15)36(33,34)28-16-6-9-19(23)18(12-16)22(24,25)26/h3-12,28-29H,1-2H3,(H,27,30). The van der Waals surface area contributed by atoms with Gasteiger partial charge in [0.05, 0.1) is 27.4 Å². The van der Waals surface area contributed by atoms with Crippen LogP contribution in [-0.2, 0) is 26.2 Å². The molecule has 0 radical (unpaired) electrons. The van der Waals surface area contributed by atoms with Crippen LogP contribution in [0, 0.1) is 6.92 Å². The number of benzene rings is 3. The van der Waals surface area contributed by atoms with Crippen molar-refractivity contribution in [2.24, 2.45) is 0 Å². The lowest BCUT2D eigenvalue weighted by atomic mass is 10.1. The molecule has 0 aromatic heterocycles. The number of alkyl halides is 3. The first-order valence-electron chi connectivity index (χ1n) is 9.94.